The molecule has 0 spiro atoms. The number of aromatic amines is 1. The van der Waals surface area contributed by atoms with E-state index in [1.54, 1.807) is 29.9 Å². The monoisotopic (exact) mass is 482 g/mol. The van der Waals surface area contributed by atoms with Crippen molar-refractivity contribution < 1.29 is 8.42 Å². The summed E-state index contributed by atoms with van der Waals surface area (Å²) in [5.74, 6) is 1.19. The van der Waals surface area contributed by atoms with Gasteiger partial charge in [-0.05, 0) is 18.6 Å². The minimum absolute atomic E-state index is 0.0190. The first-order valence-corrected chi connectivity index (χ1v) is 12.7. The number of nitrogens with one attached hydrogen (secondary N) is 2. The summed E-state index contributed by atoms with van der Waals surface area (Å²) < 4.78 is 26.1. The molecule has 1 aromatic carbocycles. The van der Waals surface area contributed by atoms with Crippen molar-refractivity contribution in [1.82, 2.24) is 34.7 Å². The molecule has 0 aliphatic carbocycles. The van der Waals surface area contributed by atoms with E-state index >= 15 is 0 Å². The molecular weight excluding hydrogens is 464 g/mol. The summed E-state index contributed by atoms with van der Waals surface area (Å²) in [5, 5.41) is 10.2. The first-order chi connectivity index (χ1) is 15.9. The van der Waals surface area contributed by atoms with Crippen LogP contribution in [-0.2, 0) is 9.84 Å². The fraction of sp³-hybridized carbons (Fsp3) is 0.200. The van der Waals surface area contributed by atoms with Gasteiger partial charge in [-0.15, -0.1) is 11.3 Å². The number of sulfone groups is 1. The summed E-state index contributed by atoms with van der Waals surface area (Å²) in [6, 6.07) is 5.77. The third-order valence-electron chi connectivity index (χ3n) is 5.17. The van der Waals surface area contributed by atoms with Gasteiger partial charge in [0.25, 0.3) is 5.56 Å². The van der Waals surface area contributed by atoms with Crippen molar-refractivity contribution in [3.63, 3.8) is 0 Å². The number of thiazole rings is 1. The zero-order valence-corrected chi connectivity index (χ0v) is 19.2. The van der Waals surface area contributed by atoms with Crippen LogP contribution in [0.15, 0.2) is 52.0 Å². The maximum Gasteiger partial charge on any atom is 0.268 e. The molecule has 33 heavy (non-hydrogen) atoms. The highest BCUT2D eigenvalue weighted by Gasteiger charge is 2.25. The van der Waals surface area contributed by atoms with E-state index in [-0.39, 0.29) is 15.8 Å². The third-order valence-corrected chi connectivity index (χ3v) is 7.04. The SMILES string of the molecule is CC[C@H](Nc1ncnc2scnc12)c1nc2cccc(S(C)(=O)=O)c2c(=O)n1-c1cc[nH]n1. The number of nitrogens with zero attached hydrogens (tertiary/aromatic N) is 6. The lowest BCUT2D eigenvalue weighted by atomic mass is 10.1. The van der Waals surface area contributed by atoms with E-state index in [2.05, 4.69) is 30.5 Å². The van der Waals surface area contributed by atoms with E-state index in [1.807, 2.05) is 6.92 Å². The smallest absolute Gasteiger partial charge is 0.268 e. The second-order valence-electron chi connectivity index (χ2n) is 7.30. The Kier molecular flexibility index (Phi) is 5.13. The molecule has 0 amide bonds. The molecule has 13 heteroatoms. The number of fused-ring (bicyclic) bond motifs is 2. The molecule has 2 N–H and O–H groups in total. The van der Waals surface area contributed by atoms with Gasteiger partial charge in [-0.25, -0.2) is 32.9 Å². The van der Waals surface area contributed by atoms with Crippen LogP contribution in [0.2, 0.25) is 0 Å². The van der Waals surface area contributed by atoms with Crippen LogP contribution in [0.5, 0.6) is 0 Å². The molecule has 4 aromatic heterocycles. The summed E-state index contributed by atoms with van der Waals surface area (Å²) in [7, 11) is -3.66. The topological polar surface area (TPSA) is 148 Å². The first-order valence-electron chi connectivity index (χ1n) is 9.95. The van der Waals surface area contributed by atoms with Crippen LogP contribution in [-0.4, -0.2) is 49.4 Å². The van der Waals surface area contributed by atoms with E-state index in [0.29, 0.717) is 29.4 Å². The lowest BCUT2D eigenvalue weighted by Gasteiger charge is -2.21. The van der Waals surface area contributed by atoms with Crippen molar-refractivity contribution in [3.8, 4) is 5.82 Å². The quantitative estimate of drug-likeness (QED) is 0.372. The summed E-state index contributed by atoms with van der Waals surface area (Å²) in [6.07, 6.45) is 4.64. The second kappa shape index (κ2) is 8.01. The average molecular weight is 483 g/mol. The number of rotatable bonds is 6. The van der Waals surface area contributed by atoms with Gasteiger partial charge >= 0.3 is 0 Å². The molecule has 0 fully saturated rings. The summed E-state index contributed by atoms with van der Waals surface area (Å²) in [4.78, 5) is 32.0. The number of anilines is 1. The Morgan fingerprint density at radius 1 is 1.21 bits per heavy atom. The van der Waals surface area contributed by atoms with Gasteiger partial charge < -0.3 is 5.32 Å². The van der Waals surface area contributed by atoms with E-state index in [9.17, 15) is 13.2 Å². The van der Waals surface area contributed by atoms with Gasteiger partial charge in [-0.2, -0.15) is 5.10 Å². The number of H-pyrrole nitrogens is 1. The zero-order chi connectivity index (χ0) is 23.2. The van der Waals surface area contributed by atoms with Crippen molar-refractivity contribution in [2.45, 2.75) is 24.3 Å². The number of hydrogen-bond acceptors (Lipinski definition) is 10. The van der Waals surface area contributed by atoms with Gasteiger partial charge in [0.05, 0.1) is 27.4 Å². The minimum atomic E-state index is -3.66. The maximum atomic E-state index is 13.7. The van der Waals surface area contributed by atoms with Crippen molar-refractivity contribution >= 4 is 48.2 Å². The Bertz CT molecular complexity index is 1640. The number of benzene rings is 1. The van der Waals surface area contributed by atoms with Gasteiger partial charge in [0.1, 0.15) is 22.5 Å². The molecule has 0 saturated carbocycles. The Balaban J connectivity index is 1.77. The van der Waals surface area contributed by atoms with E-state index in [0.717, 1.165) is 11.1 Å². The van der Waals surface area contributed by atoms with Crippen LogP contribution < -0.4 is 10.9 Å². The predicted molar refractivity (Wildman–Crippen MR) is 124 cm³/mol. The predicted octanol–water partition coefficient (Wildman–Crippen LogP) is 2.48. The number of aromatic nitrogens is 7. The molecular formula is C20H18N8O3S2. The highest BCUT2D eigenvalue weighted by molar-refractivity contribution is 7.91. The highest BCUT2D eigenvalue weighted by atomic mass is 32.2. The molecule has 11 nitrogen and oxygen atoms in total. The summed E-state index contributed by atoms with van der Waals surface area (Å²) in [5.41, 5.74) is 2.07. The average Bonchev–Trinajstić information content (AvgIpc) is 3.48. The molecule has 4 heterocycles. The molecule has 5 aromatic rings. The fourth-order valence-electron chi connectivity index (χ4n) is 3.67. The molecule has 1 atom stereocenters. The largest absolute Gasteiger partial charge is 0.358 e. The zero-order valence-electron chi connectivity index (χ0n) is 17.6. The fourth-order valence-corrected chi connectivity index (χ4v) is 5.19. The van der Waals surface area contributed by atoms with E-state index in [1.165, 1.54) is 28.3 Å². The molecule has 5 rings (SSSR count). The molecule has 0 aliphatic rings. The standard InChI is InChI=1S/C20H18N8O3S2/c1-3-11(25-17-16-19(22-9-21-17)32-10-23-16)18-26-12-5-4-6-13(33(2,30)31)15(12)20(29)28(18)14-7-8-24-27-14/h4-11H,3H2,1-2H3,(H,24,27)(H,21,22,25)/t11-/m0/s1. The van der Waals surface area contributed by atoms with Crippen LogP contribution in [0.4, 0.5) is 5.82 Å². The Hall–Kier alpha value is -3.71. The van der Waals surface area contributed by atoms with Crippen LogP contribution in [0.1, 0.15) is 25.2 Å². The molecule has 0 unspecified atom stereocenters. The van der Waals surface area contributed by atoms with Crippen molar-refractivity contribution in [3.05, 3.63) is 58.5 Å². The molecule has 0 saturated heterocycles. The first kappa shape index (κ1) is 21.2. The van der Waals surface area contributed by atoms with E-state index in [4.69, 9.17) is 4.98 Å². The normalized spacial score (nSPS) is 12.9. The van der Waals surface area contributed by atoms with Crippen molar-refractivity contribution in [2.24, 2.45) is 0 Å². The molecule has 0 bridgehead atoms. The lowest BCUT2D eigenvalue weighted by Crippen LogP contribution is -2.29. The van der Waals surface area contributed by atoms with Crippen LogP contribution in [0.3, 0.4) is 0 Å². The van der Waals surface area contributed by atoms with E-state index < -0.39 is 21.4 Å². The van der Waals surface area contributed by atoms with Crippen molar-refractivity contribution in [2.75, 3.05) is 11.6 Å². The van der Waals surface area contributed by atoms with Gasteiger partial charge in [0.15, 0.2) is 21.5 Å². The van der Waals surface area contributed by atoms with Crippen LogP contribution >= 0.6 is 11.3 Å². The van der Waals surface area contributed by atoms with Crippen LogP contribution in [0, 0.1) is 0 Å². The summed E-state index contributed by atoms with van der Waals surface area (Å²) in [6.45, 7) is 1.94. The van der Waals surface area contributed by atoms with Gasteiger partial charge in [0.2, 0.25) is 0 Å². The van der Waals surface area contributed by atoms with Gasteiger partial charge in [-0.1, -0.05) is 13.0 Å². The minimum Gasteiger partial charge on any atom is -0.358 e. The maximum absolute atomic E-state index is 13.7. The molecule has 0 aliphatic heterocycles. The second-order valence-corrected chi connectivity index (χ2v) is 10.1. The lowest BCUT2D eigenvalue weighted by molar-refractivity contribution is 0.602. The van der Waals surface area contributed by atoms with Crippen molar-refractivity contribution in [1.29, 1.82) is 0 Å². The molecule has 168 valence electrons. The van der Waals surface area contributed by atoms with Gasteiger partial charge in [-0.3, -0.25) is 9.89 Å². The Morgan fingerprint density at radius 2 is 2.06 bits per heavy atom. The van der Waals surface area contributed by atoms with Crippen LogP contribution in [0.25, 0.3) is 27.1 Å². The highest BCUT2D eigenvalue weighted by Crippen LogP contribution is 2.28. The molecule has 0 radical (unpaired) electrons. The van der Waals surface area contributed by atoms with Gasteiger partial charge in [0, 0.05) is 18.5 Å². The Labute approximate surface area is 191 Å². The third kappa shape index (κ3) is 3.64. The summed E-state index contributed by atoms with van der Waals surface area (Å²) >= 11 is 1.40. The Morgan fingerprint density at radius 3 is 2.79 bits per heavy atom. The number of hydrogen-bond donors (Lipinski definition) is 2.